The fraction of sp³-hybridized carbons (Fsp3) is 0.667. The van der Waals surface area contributed by atoms with Crippen LogP contribution in [-0.4, -0.2) is 49.7 Å². The summed E-state index contributed by atoms with van der Waals surface area (Å²) in [7, 11) is -1.93. The van der Waals surface area contributed by atoms with Crippen LogP contribution in [0.15, 0.2) is 24.3 Å². The zero-order valence-electron chi connectivity index (χ0n) is 18.3. The Kier molecular flexibility index (Phi) is 9.46. The van der Waals surface area contributed by atoms with Crippen molar-refractivity contribution in [3.63, 3.8) is 0 Å². The number of nitrogens with zero attached hydrogens (tertiary/aromatic N) is 1. The van der Waals surface area contributed by atoms with Gasteiger partial charge < -0.3 is 24.9 Å². The van der Waals surface area contributed by atoms with Crippen LogP contribution in [0, 0.1) is 0 Å². The predicted octanol–water partition coefficient (Wildman–Crippen LogP) is 4.56. The summed E-state index contributed by atoms with van der Waals surface area (Å²) in [4.78, 5) is 14.4. The predicted molar refractivity (Wildman–Crippen MR) is 117 cm³/mol. The van der Waals surface area contributed by atoms with Crippen LogP contribution in [0.1, 0.15) is 53.2 Å². The molecule has 0 saturated heterocycles. The molecule has 1 atom stereocenters. The summed E-state index contributed by atoms with van der Waals surface area (Å²) in [5.74, 6) is 0. The summed E-state index contributed by atoms with van der Waals surface area (Å²) in [6.45, 7) is 12.6. The number of ether oxygens (including phenoxy) is 1. The highest BCUT2D eigenvalue weighted by Crippen LogP contribution is 2.32. The van der Waals surface area contributed by atoms with Gasteiger partial charge in [0.25, 0.3) is 0 Å². The van der Waals surface area contributed by atoms with Crippen LogP contribution in [0.25, 0.3) is 0 Å². The van der Waals surface area contributed by atoms with Gasteiger partial charge in [0.05, 0.1) is 19.3 Å². The van der Waals surface area contributed by atoms with Crippen LogP contribution in [-0.2, 0) is 9.16 Å². The van der Waals surface area contributed by atoms with E-state index >= 15 is 0 Å². The molecule has 1 rings (SSSR count). The van der Waals surface area contributed by atoms with Crippen molar-refractivity contribution in [3.05, 3.63) is 29.8 Å². The van der Waals surface area contributed by atoms with Crippen LogP contribution in [0.3, 0.4) is 0 Å². The standard InChI is InChI=1S/C21H38N2O4Si/c1-7-28(8-2,9-3)27-19(17-11-10-12-18(22)15-17)16-23(21(4,5)6)20(25)26-14-13-24/h10-12,15,19,24H,7-9,13-14,16,22H2,1-6H3/t19-/m0/s1. The van der Waals surface area contributed by atoms with Crippen LogP contribution in [0.4, 0.5) is 10.5 Å². The van der Waals surface area contributed by atoms with E-state index in [1.807, 2.05) is 45.0 Å². The van der Waals surface area contributed by atoms with Crippen molar-refractivity contribution in [3.8, 4) is 0 Å². The van der Waals surface area contributed by atoms with Gasteiger partial charge in [0.15, 0.2) is 8.32 Å². The van der Waals surface area contributed by atoms with Gasteiger partial charge >= 0.3 is 6.09 Å². The maximum atomic E-state index is 12.7. The molecule has 0 aliphatic heterocycles. The lowest BCUT2D eigenvalue weighted by molar-refractivity contribution is 0.0328. The summed E-state index contributed by atoms with van der Waals surface area (Å²) >= 11 is 0. The molecule has 0 fully saturated rings. The summed E-state index contributed by atoms with van der Waals surface area (Å²) in [6.07, 6.45) is -0.730. The number of amides is 1. The Morgan fingerprint density at radius 2 is 1.82 bits per heavy atom. The molecule has 6 nitrogen and oxygen atoms in total. The average Bonchev–Trinajstić information content (AvgIpc) is 2.66. The topological polar surface area (TPSA) is 85.0 Å². The first-order valence-corrected chi connectivity index (χ1v) is 12.7. The lowest BCUT2D eigenvalue weighted by Gasteiger charge is -2.40. The summed E-state index contributed by atoms with van der Waals surface area (Å²) in [6, 6.07) is 10.7. The second-order valence-corrected chi connectivity index (χ2v) is 12.9. The summed E-state index contributed by atoms with van der Waals surface area (Å²) < 4.78 is 12.0. The molecule has 0 aliphatic rings. The van der Waals surface area contributed by atoms with E-state index in [0.717, 1.165) is 23.7 Å². The SMILES string of the molecule is CC[Si](CC)(CC)O[C@@H](CN(C(=O)OCCO)C(C)(C)C)c1cccc(N)c1. The van der Waals surface area contributed by atoms with Gasteiger partial charge in [-0.2, -0.15) is 0 Å². The first-order chi connectivity index (χ1) is 13.1. The number of hydrogen-bond acceptors (Lipinski definition) is 5. The van der Waals surface area contributed by atoms with Crippen LogP contribution in [0.5, 0.6) is 0 Å². The Morgan fingerprint density at radius 3 is 2.29 bits per heavy atom. The summed E-state index contributed by atoms with van der Waals surface area (Å²) in [5, 5.41) is 9.01. The maximum Gasteiger partial charge on any atom is 0.410 e. The minimum Gasteiger partial charge on any atom is -0.447 e. The second-order valence-electron chi connectivity index (χ2n) is 8.14. The lowest BCUT2D eigenvalue weighted by atomic mass is 10.0. The van der Waals surface area contributed by atoms with Crippen molar-refractivity contribution in [1.82, 2.24) is 4.90 Å². The van der Waals surface area contributed by atoms with Crippen molar-refractivity contribution in [1.29, 1.82) is 0 Å². The third-order valence-electron chi connectivity index (χ3n) is 5.30. The van der Waals surface area contributed by atoms with Gasteiger partial charge in [-0.15, -0.1) is 0 Å². The highest BCUT2D eigenvalue weighted by atomic mass is 28.4. The highest BCUT2D eigenvalue weighted by molar-refractivity contribution is 6.73. The Balaban J connectivity index is 3.26. The average molecular weight is 411 g/mol. The van der Waals surface area contributed by atoms with Crippen molar-refractivity contribution >= 4 is 20.1 Å². The Morgan fingerprint density at radius 1 is 1.21 bits per heavy atom. The molecule has 0 aliphatic carbocycles. The number of aliphatic hydroxyl groups is 1. The third-order valence-corrected chi connectivity index (χ3v) is 9.95. The smallest absolute Gasteiger partial charge is 0.410 e. The molecule has 7 heteroatoms. The Bertz CT molecular complexity index is 606. The zero-order chi connectivity index (χ0) is 21.4. The van der Waals surface area contributed by atoms with E-state index in [1.165, 1.54) is 0 Å². The van der Waals surface area contributed by atoms with Gasteiger partial charge in [0, 0.05) is 11.2 Å². The molecule has 160 valence electrons. The molecule has 1 aromatic carbocycles. The van der Waals surface area contributed by atoms with Gasteiger partial charge in [-0.05, 0) is 56.6 Å². The van der Waals surface area contributed by atoms with E-state index in [0.29, 0.717) is 12.2 Å². The van der Waals surface area contributed by atoms with Gasteiger partial charge in [0.2, 0.25) is 0 Å². The number of carbonyl (C=O) groups excluding carboxylic acids is 1. The molecule has 0 aromatic heterocycles. The fourth-order valence-corrected chi connectivity index (χ4v) is 6.08. The van der Waals surface area contributed by atoms with Crippen LogP contribution < -0.4 is 5.73 Å². The maximum absolute atomic E-state index is 12.7. The van der Waals surface area contributed by atoms with Crippen LogP contribution >= 0.6 is 0 Å². The number of nitrogens with two attached hydrogens (primary N) is 1. The minimum absolute atomic E-state index is 0.0210. The Labute approximate surface area is 171 Å². The van der Waals surface area contributed by atoms with Crippen molar-refractivity contribution in [2.75, 3.05) is 25.5 Å². The zero-order valence-corrected chi connectivity index (χ0v) is 19.3. The second kappa shape index (κ2) is 10.8. The number of aliphatic hydroxyl groups excluding tert-OH is 1. The largest absolute Gasteiger partial charge is 0.447 e. The minimum atomic E-state index is -1.93. The fourth-order valence-electron chi connectivity index (χ4n) is 3.27. The number of rotatable bonds is 10. The van der Waals surface area contributed by atoms with Gasteiger partial charge in [-0.3, -0.25) is 0 Å². The van der Waals surface area contributed by atoms with E-state index in [1.54, 1.807) is 4.90 Å². The molecular weight excluding hydrogens is 372 g/mol. The molecule has 28 heavy (non-hydrogen) atoms. The third kappa shape index (κ3) is 6.79. The van der Waals surface area contributed by atoms with Crippen LogP contribution in [0.2, 0.25) is 18.1 Å². The first-order valence-electron chi connectivity index (χ1n) is 10.2. The van der Waals surface area contributed by atoms with Crippen molar-refractivity contribution in [2.45, 2.75) is 71.3 Å². The van der Waals surface area contributed by atoms with E-state index in [9.17, 15) is 4.79 Å². The number of anilines is 1. The first kappa shape index (κ1) is 24.5. The highest BCUT2D eigenvalue weighted by Gasteiger charge is 2.36. The van der Waals surface area contributed by atoms with Crippen molar-refractivity contribution in [2.24, 2.45) is 0 Å². The molecule has 0 unspecified atom stereocenters. The van der Waals surface area contributed by atoms with Gasteiger partial charge in [0.1, 0.15) is 6.61 Å². The molecule has 3 N–H and O–H groups in total. The molecular formula is C21H38N2O4Si. The molecule has 0 bridgehead atoms. The van der Waals surface area contributed by atoms with E-state index in [4.69, 9.17) is 20.0 Å². The molecule has 1 amide bonds. The van der Waals surface area contributed by atoms with Crippen molar-refractivity contribution < 1.29 is 19.1 Å². The molecule has 0 radical (unpaired) electrons. The number of hydrogen-bond donors (Lipinski definition) is 2. The molecule has 0 spiro atoms. The number of nitrogen functional groups attached to an aromatic ring is 1. The Hall–Kier alpha value is -1.57. The normalized spacial score (nSPS) is 13.2. The molecule has 0 saturated carbocycles. The van der Waals surface area contributed by atoms with E-state index in [2.05, 4.69) is 20.8 Å². The quantitative estimate of drug-likeness (QED) is 0.436. The number of benzene rings is 1. The van der Waals surface area contributed by atoms with Gasteiger partial charge in [-0.1, -0.05) is 32.9 Å². The summed E-state index contributed by atoms with van der Waals surface area (Å²) in [5.41, 5.74) is 7.21. The monoisotopic (exact) mass is 410 g/mol. The van der Waals surface area contributed by atoms with E-state index in [-0.39, 0.29) is 19.3 Å². The molecule has 1 aromatic rings. The number of carbonyl (C=O) groups is 1. The van der Waals surface area contributed by atoms with E-state index < -0.39 is 19.9 Å². The van der Waals surface area contributed by atoms with Gasteiger partial charge in [-0.25, -0.2) is 4.79 Å². The lowest BCUT2D eigenvalue weighted by Crippen LogP contribution is -2.50. The molecule has 0 heterocycles.